The molecule has 0 bridgehead atoms. The van der Waals surface area contributed by atoms with Crippen molar-refractivity contribution in [2.24, 2.45) is 11.3 Å². The van der Waals surface area contributed by atoms with Gasteiger partial charge in [0.25, 0.3) is 0 Å². The number of ether oxygens (including phenoxy) is 3. The van der Waals surface area contributed by atoms with Crippen molar-refractivity contribution in [1.29, 1.82) is 0 Å². The molecule has 0 aromatic rings. The van der Waals surface area contributed by atoms with Crippen molar-refractivity contribution in [2.75, 3.05) is 0 Å². The Morgan fingerprint density at radius 2 is 1.95 bits per heavy atom. The maximum Gasteiger partial charge on any atom is 0.315 e. The van der Waals surface area contributed by atoms with Crippen LogP contribution in [0.5, 0.6) is 0 Å². The normalized spacial score (nSPS) is 52.0. The molecule has 0 amide bonds. The van der Waals surface area contributed by atoms with Crippen LogP contribution in [0.2, 0.25) is 0 Å². The first-order valence-corrected chi connectivity index (χ1v) is 7.64. The summed E-state index contributed by atoms with van der Waals surface area (Å²) >= 11 is 0. The lowest BCUT2D eigenvalue weighted by Crippen LogP contribution is -2.46. The maximum atomic E-state index is 12.6. The molecular weight excluding hydrogens is 244 g/mol. The van der Waals surface area contributed by atoms with Crippen LogP contribution < -0.4 is 0 Å². The van der Waals surface area contributed by atoms with Crippen LogP contribution in [0.3, 0.4) is 0 Å². The van der Waals surface area contributed by atoms with Crippen LogP contribution in [0.4, 0.5) is 0 Å². The first-order chi connectivity index (χ1) is 9.07. The molecular formula is C15H22O4. The van der Waals surface area contributed by atoms with Gasteiger partial charge in [-0.15, -0.1) is 0 Å². The standard InChI is InChI=1S/C15H22O4/c1-9-8-11-15(18-11)12(19-15)14(9,2)13(16)17-10-6-4-3-5-7-10/h9-12H,3-8H2,1-2H3. The van der Waals surface area contributed by atoms with E-state index in [1.54, 1.807) is 0 Å². The van der Waals surface area contributed by atoms with Crippen LogP contribution in [0.1, 0.15) is 52.4 Å². The van der Waals surface area contributed by atoms with E-state index in [-0.39, 0.29) is 30.2 Å². The van der Waals surface area contributed by atoms with Crippen LogP contribution in [0.25, 0.3) is 0 Å². The van der Waals surface area contributed by atoms with Gasteiger partial charge in [-0.2, -0.15) is 0 Å². The van der Waals surface area contributed by atoms with Gasteiger partial charge >= 0.3 is 5.97 Å². The van der Waals surface area contributed by atoms with Crippen LogP contribution in [0.15, 0.2) is 0 Å². The van der Waals surface area contributed by atoms with Crippen molar-refractivity contribution in [2.45, 2.75) is 76.5 Å². The molecule has 2 saturated carbocycles. The van der Waals surface area contributed by atoms with Gasteiger partial charge in [0, 0.05) is 0 Å². The van der Waals surface area contributed by atoms with Crippen molar-refractivity contribution in [3.05, 3.63) is 0 Å². The first kappa shape index (κ1) is 12.2. The highest BCUT2D eigenvalue weighted by Crippen LogP contribution is 2.69. The minimum absolute atomic E-state index is 0.0669. The topological polar surface area (TPSA) is 51.4 Å². The lowest BCUT2D eigenvalue weighted by Gasteiger charge is -2.35. The average Bonchev–Trinajstić information content (AvgIpc) is 3.28. The molecule has 0 aromatic carbocycles. The molecule has 2 aliphatic carbocycles. The molecule has 4 rings (SSSR count). The summed E-state index contributed by atoms with van der Waals surface area (Å²) in [5.41, 5.74) is -0.523. The van der Waals surface area contributed by atoms with E-state index in [9.17, 15) is 4.79 Å². The van der Waals surface area contributed by atoms with Crippen molar-refractivity contribution in [3.63, 3.8) is 0 Å². The zero-order valence-corrected chi connectivity index (χ0v) is 11.7. The largest absolute Gasteiger partial charge is 0.462 e. The fourth-order valence-corrected chi connectivity index (χ4v) is 4.02. The zero-order valence-electron chi connectivity index (χ0n) is 11.7. The predicted molar refractivity (Wildman–Crippen MR) is 67.3 cm³/mol. The van der Waals surface area contributed by atoms with Gasteiger partial charge in [0.2, 0.25) is 5.79 Å². The SMILES string of the molecule is CC1CC2OC23OC3C1(C)C(=O)OC1CCCCC1. The summed E-state index contributed by atoms with van der Waals surface area (Å²) < 4.78 is 17.1. The highest BCUT2D eigenvalue weighted by atomic mass is 16.9. The van der Waals surface area contributed by atoms with E-state index in [4.69, 9.17) is 14.2 Å². The van der Waals surface area contributed by atoms with Gasteiger partial charge in [-0.05, 0) is 44.9 Å². The molecule has 1 spiro atoms. The van der Waals surface area contributed by atoms with Crippen molar-refractivity contribution >= 4 is 5.97 Å². The number of carbonyl (C=O) groups is 1. The van der Waals surface area contributed by atoms with Crippen LogP contribution in [-0.4, -0.2) is 30.1 Å². The van der Waals surface area contributed by atoms with Gasteiger partial charge in [0.1, 0.15) is 18.3 Å². The minimum Gasteiger partial charge on any atom is -0.462 e. The third-order valence-corrected chi connectivity index (χ3v) is 5.73. The Morgan fingerprint density at radius 3 is 2.68 bits per heavy atom. The van der Waals surface area contributed by atoms with Gasteiger partial charge in [-0.3, -0.25) is 4.79 Å². The summed E-state index contributed by atoms with van der Waals surface area (Å²) in [6.45, 7) is 4.12. The molecule has 2 aliphatic heterocycles. The minimum atomic E-state index is -0.523. The molecule has 4 nitrogen and oxygen atoms in total. The highest BCUT2D eigenvalue weighted by molar-refractivity contribution is 5.79. The lowest BCUT2D eigenvalue weighted by molar-refractivity contribution is -0.167. The fourth-order valence-electron chi connectivity index (χ4n) is 4.02. The summed E-state index contributed by atoms with van der Waals surface area (Å²) in [4.78, 5) is 12.6. The molecule has 4 heteroatoms. The number of hydrogen-bond donors (Lipinski definition) is 0. The van der Waals surface area contributed by atoms with Crippen molar-refractivity contribution < 1.29 is 19.0 Å². The Balaban J connectivity index is 1.49. The first-order valence-electron chi connectivity index (χ1n) is 7.64. The number of hydrogen-bond acceptors (Lipinski definition) is 4. The van der Waals surface area contributed by atoms with E-state index >= 15 is 0 Å². The second-order valence-corrected chi connectivity index (χ2v) is 6.91. The van der Waals surface area contributed by atoms with E-state index in [0.29, 0.717) is 0 Å². The molecule has 4 aliphatic rings. The Labute approximate surface area is 113 Å². The molecule has 19 heavy (non-hydrogen) atoms. The zero-order chi connectivity index (χ0) is 13.3. The van der Waals surface area contributed by atoms with E-state index in [2.05, 4.69) is 6.92 Å². The number of rotatable bonds is 2. The van der Waals surface area contributed by atoms with E-state index in [1.165, 1.54) is 19.3 Å². The smallest absolute Gasteiger partial charge is 0.315 e. The quantitative estimate of drug-likeness (QED) is 0.569. The third kappa shape index (κ3) is 1.56. The number of esters is 1. The monoisotopic (exact) mass is 266 g/mol. The van der Waals surface area contributed by atoms with E-state index in [0.717, 1.165) is 19.3 Å². The lowest BCUT2D eigenvalue weighted by atomic mass is 9.68. The average molecular weight is 266 g/mol. The van der Waals surface area contributed by atoms with Crippen LogP contribution in [-0.2, 0) is 19.0 Å². The van der Waals surface area contributed by atoms with Gasteiger partial charge in [-0.1, -0.05) is 13.3 Å². The summed E-state index contributed by atoms with van der Waals surface area (Å²) in [6.07, 6.45) is 6.85. The van der Waals surface area contributed by atoms with Gasteiger partial charge < -0.3 is 14.2 Å². The maximum absolute atomic E-state index is 12.6. The van der Waals surface area contributed by atoms with Gasteiger partial charge in [-0.25, -0.2) is 0 Å². The van der Waals surface area contributed by atoms with Crippen LogP contribution in [0, 0.1) is 11.3 Å². The van der Waals surface area contributed by atoms with Crippen molar-refractivity contribution in [3.8, 4) is 0 Å². The van der Waals surface area contributed by atoms with Gasteiger partial charge in [0.15, 0.2) is 0 Å². The summed E-state index contributed by atoms with van der Waals surface area (Å²) in [5, 5.41) is 0. The summed E-state index contributed by atoms with van der Waals surface area (Å²) in [7, 11) is 0. The van der Waals surface area contributed by atoms with Crippen LogP contribution >= 0.6 is 0 Å². The van der Waals surface area contributed by atoms with E-state index < -0.39 is 11.2 Å². The molecule has 2 saturated heterocycles. The number of epoxide rings is 2. The Morgan fingerprint density at radius 1 is 1.21 bits per heavy atom. The van der Waals surface area contributed by atoms with Gasteiger partial charge in [0.05, 0.1) is 5.41 Å². The third-order valence-electron chi connectivity index (χ3n) is 5.73. The Hall–Kier alpha value is -0.610. The predicted octanol–water partition coefficient (Wildman–Crippen LogP) is 2.40. The second kappa shape index (κ2) is 3.73. The molecule has 4 fully saturated rings. The summed E-state index contributed by atoms with van der Waals surface area (Å²) in [6, 6.07) is 0. The molecule has 0 radical (unpaired) electrons. The molecule has 0 N–H and O–H groups in total. The highest BCUT2D eigenvalue weighted by Gasteiger charge is 2.85. The van der Waals surface area contributed by atoms with E-state index in [1.807, 2.05) is 6.92 Å². The Kier molecular flexibility index (Phi) is 2.39. The summed E-state index contributed by atoms with van der Waals surface area (Å²) in [5.74, 6) is -0.202. The molecule has 5 atom stereocenters. The number of carbonyl (C=O) groups excluding carboxylic acids is 1. The molecule has 0 aromatic heterocycles. The fraction of sp³-hybridized carbons (Fsp3) is 0.933. The molecule has 5 unspecified atom stereocenters. The molecule has 106 valence electrons. The molecule has 2 heterocycles. The second-order valence-electron chi connectivity index (χ2n) is 6.91. The Bertz CT molecular complexity index is 416. The van der Waals surface area contributed by atoms with Crippen molar-refractivity contribution in [1.82, 2.24) is 0 Å².